The topological polar surface area (TPSA) is 70.0 Å². The number of aliphatic hydroxyl groups is 1. The molecule has 0 unspecified atom stereocenters. The molecule has 1 aromatic carbocycles. The highest BCUT2D eigenvalue weighted by Crippen LogP contribution is 2.38. The smallest absolute Gasteiger partial charge is 0.407 e. The lowest BCUT2D eigenvalue weighted by Gasteiger charge is -2.37. The van der Waals surface area contributed by atoms with Gasteiger partial charge < -0.3 is 19.5 Å². The largest absolute Gasteiger partial charge is 0.543 e. The van der Waals surface area contributed by atoms with Crippen LogP contribution >= 0.6 is 0 Å². The van der Waals surface area contributed by atoms with E-state index in [4.69, 9.17) is 9.53 Å². The van der Waals surface area contributed by atoms with Crippen molar-refractivity contribution in [3.8, 4) is 5.75 Å². The highest BCUT2D eigenvalue weighted by Gasteiger charge is 2.39. The highest BCUT2D eigenvalue weighted by molar-refractivity contribution is 6.74. The van der Waals surface area contributed by atoms with Crippen LogP contribution in [0.1, 0.15) is 38.7 Å². The van der Waals surface area contributed by atoms with E-state index < -0.39 is 20.5 Å². The number of β-amino-alcohol motifs (C(OH)–C–C–N with tert-alkyl or cyclic N) is 1. The Balaban J connectivity index is 2.15. The zero-order chi connectivity index (χ0) is 18.1. The van der Waals surface area contributed by atoms with Gasteiger partial charge in [-0.3, -0.25) is 0 Å². The first-order chi connectivity index (χ1) is 11.0. The number of likely N-dealkylation sites (tertiary alicyclic amines) is 1. The molecule has 6 heteroatoms. The number of rotatable bonds is 3. The van der Waals surface area contributed by atoms with E-state index in [1.54, 1.807) is 0 Å². The third-order valence-electron chi connectivity index (χ3n) is 5.32. The molecule has 1 aromatic rings. The number of carboxylic acid groups (broad SMARTS) is 1. The summed E-state index contributed by atoms with van der Waals surface area (Å²) in [7, 11) is -1.91. The monoisotopic (exact) mass is 351 g/mol. The predicted molar refractivity (Wildman–Crippen MR) is 97.2 cm³/mol. The van der Waals surface area contributed by atoms with Gasteiger partial charge >= 0.3 is 6.09 Å². The van der Waals surface area contributed by atoms with Gasteiger partial charge in [0, 0.05) is 12.5 Å². The second kappa shape index (κ2) is 6.76. The average Bonchev–Trinajstić information content (AvgIpc) is 2.45. The lowest BCUT2D eigenvalue weighted by molar-refractivity contribution is 0.0503. The van der Waals surface area contributed by atoms with Gasteiger partial charge in [-0.25, -0.2) is 4.79 Å². The van der Waals surface area contributed by atoms with Crippen molar-refractivity contribution in [2.75, 3.05) is 13.1 Å². The normalized spacial score (nSPS) is 22.3. The van der Waals surface area contributed by atoms with Crippen LogP contribution < -0.4 is 4.43 Å². The van der Waals surface area contributed by atoms with E-state index in [-0.39, 0.29) is 17.5 Å². The summed E-state index contributed by atoms with van der Waals surface area (Å²) in [5.74, 6) is 0.788. The van der Waals surface area contributed by atoms with E-state index in [9.17, 15) is 9.90 Å². The number of hydrogen-bond donors (Lipinski definition) is 2. The molecule has 0 spiro atoms. The molecule has 1 saturated heterocycles. The molecule has 0 aliphatic carbocycles. The quantitative estimate of drug-likeness (QED) is 0.810. The van der Waals surface area contributed by atoms with Crippen LogP contribution in [0.15, 0.2) is 24.3 Å². The number of piperidine rings is 1. The summed E-state index contributed by atoms with van der Waals surface area (Å²) in [5.41, 5.74) is 1.02. The molecule has 2 rings (SSSR count). The lowest BCUT2D eigenvalue weighted by Crippen LogP contribution is -2.45. The van der Waals surface area contributed by atoms with Crippen molar-refractivity contribution in [2.45, 2.75) is 57.3 Å². The maximum Gasteiger partial charge on any atom is 0.407 e. The Morgan fingerprint density at radius 3 is 2.54 bits per heavy atom. The fraction of sp³-hybridized carbons (Fsp3) is 0.611. The van der Waals surface area contributed by atoms with Crippen molar-refractivity contribution >= 4 is 14.4 Å². The summed E-state index contributed by atoms with van der Waals surface area (Å²) in [5, 5.41) is 19.5. The van der Waals surface area contributed by atoms with Crippen molar-refractivity contribution in [3.63, 3.8) is 0 Å². The van der Waals surface area contributed by atoms with Crippen LogP contribution in [-0.4, -0.2) is 48.7 Å². The minimum absolute atomic E-state index is 0.0523. The molecule has 1 heterocycles. The molecule has 0 aromatic heterocycles. The molecular formula is C18H29NO4Si. The molecule has 1 amide bonds. The summed E-state index contributed by atoms with van der Waals surface area (Å²) < 4.78 is 6.35. The number of benzene rings is 1. The van der Waals surface area contributed by atoms with Crippen LogP contribution in [0.25, 0.3) is 0 Å². The Hall–Kier alpha value is -1.53. The Bertz CT molecular complexity index is 597. The predicted octanol–water partition coefficient (Wildman–Crippen LogP) is 3.90. The molecule has 134 valence electrons. The van der Waals surface area contributed by atoms with Crippen LogP contribution in [0, 0.1) is 0 Å². The first-order valence-corrected chi connectivity index (χ1v) is 11.4. The molecule has 2 atom stereocenters. The second-order valence-electron chi connectivity index (χ2n) is 8.13. The van der Waals surface area contributed by atoms with E-state index in [0.717, 1.165) is 11.3 Å². The first kappa shape index (κ1) is 18.8. The molecule has 24 heavy (non-hydrogen) atoms. The van der Waals surface area contributed by atoms with Crippen molar-refractivity contribution in [3.05, 3.63) is 29.8 Å². The second-order valence-corrected chi connectivity index (χ2v) is 12.9. The number of carbonyl (C=O) groups is 1. The van der Waals surface area contributed by atoms with Crippen LogP contribution in [0.3, 0.4) is 0 Å². The van der Waals surface area contributed by atoms with Crippen LogP contribution in [0.5, 0.6) is 5.75 Å². The van der Waals surface area contributed by atoms with E-state index in [2.05, 4.69) is 33.9 Å². The van der Waals surface area contributed by atoms with Crippen molar-refractivity contribution in [2.24, 2.45) is 0 Å². The molecule has 0 bridgehead atoms. The number of amides is 1. The zero-order valence-electron chi connectivity index (χ0n) is 15.2. The maximum absolute atomic E-state index is 11.0. The number of aliphatic hydroxyl groups excluding tert-OH is 1. The van der Waals surface area contributed by atoms with Crippen LogP contribution in [-0.2, 0) is 0 Å². The molecule has 2 N–H and O–H groups in total. The van der Waals surface area contributed by atoms with E-state index in [0.29, 0.717) is 13.0 Å². The average molecular weight is 352 g/mol. The summed E-state index contributed by atoms with van der Waals surface area (Å²) in [6.07, 6.45) is -1.03. The Kier molecular flexibility index (Phi) is 5.30. The van der Waals surface area contributed by atoms with Gasteiger partial charge in [0.15, 0.2) is 0 Å². The Morgan fingerprint density at radius 2 is 2.00 bits per heavy atom. The van der Waals surface area contributed by atoms with Crippen LogP contribution in [0.4, 0.5) is 4.79 Å². The van der Waals surface area contributed by atoms with Gasteiger partial charge in [-0.2, -0.15) is 0 Å². The van der Waals surface area contributed by atoms with E-state index in [1.807, 2.05) is 24.3 Å². The van der Waals surface area contributed by atoms with E-state index >= 15 is 0 Å². The Morgan fingerprint density at radius 1 is 1.33 bits per heavy atom. The molecule has 1 fully saturated rings. The highest BCUT2D eigenvalue weighted by atomic mass is 28.4. The molecule has 0 radical (unpaired) electrons. The first-order valence-electron chi connectivity index (χ1n) is 8.46. The molecule has 1 aliphatic rings. The molecule has 5 nitrogen and oxygen atoms in total. The van der Waals surface area contributed by atoms with Crippen LogP contribution in [0.2, 0.25) is 18.1 Å². The third-order valence-corrected chi connectivity index (χ3v) is 9.68. The van der Waals surface area contributed by atoms with E-state index in [1.165, 1.54) is 4.90 Å². The number of hydrogen-bond acceptors (Lipinski definition) is 3. The lowest BCUT2D eigenvalue weighted by atomic mass is 9.87. The molecule has 0 saturated carbocycles. The minimum Gasteiger partial charge on any atom is -0.543 e. The number of nitrogens with zero attached hydrogens (tertiary/aromatic N) is 1. The molecule has 1 aliphatic heterocycles. The van der Waals surface area contributed by atoms with Gasteiger partial charge in [0.25, 0.3) is 0 Å². The summed E-state index contributed by atoms with van der Waals surface area (Å²) >= 11 is 0. The summed E-state index contributed by atoms with van der Waals surface area (Å²) in [4.78, 5) is 12.3. The fourth-order valence-corrected chi connectivity index (χ4v) is 3.77. The van der Waals surface area contributed by atoms with Gasteiger partial charge in [0.05, 0.1) is 12.6 Å². The standard InChI is InChI=1S/C18H29NO4Si/c1-18(2,3)24(4,5)23-14-8-6-7-13(11-14)15-9-10-19(17(21)22)12-16(15)20/h6-8,11,15-16,20H,9-10,12H2,1-5H3,(H,21,22)/t15-,16+/m0/s1. The van der Waals surface area contributed by atoms with Crippen molar-refractivity contribution in [1.29, 1.82) is 0 Å². The SMILES string of the molecule is CC(C)(C)[Si](C)(C)Oc1cccc([C@@H]2CCN(C(=O)O)C[C@H]2O)c1. The van der Waals surface area contributed by atoms with Gasteiger partial charge in [0.1, 0.15) is 5.75 Å². The van der Waals surface area contributed by atoms with Crippen molar-refractivity contribution in [1.82, 2.24) is 4.90 Å². The van der Waals surface area contributed by atoms with Gasteiger partial charge in [-0.05, 0) is 42.2 Å². The fourth-order valence-electron chi connectivity index (χ4n) is 2.75. The van der Waals surface area contributed by atoms with Gasteiger partial charge in [0.2, 0.25) is 8.32 Å². The third kappa shape index (κ3) is 4.11. The summed E-state index contributed by atoms with van der Waals surface area (Å²) in [6, 6.07) is 7.91. The van der Waals surface area contributed by atoms with Gasteiger partial charge in [-0.15, -0.1) is 0 Å². The van der Waals surface area contributed by atoms with Crippen molar-refractivity contribution < 1.29 is 19.4 Å². The maximum atomic E-state index is 11.0. The zero-order valence-corrected chi connectivity index (χ0v) is 16.2. The van der Waals surface area contributed by atoms with Gasteiger partial charge in [-0.1, -0.05) is 32.9 Å². The molecular weight excluding hydrogens is 322 g/mol. The Labute approximate surface area is 145 Å². The minimum atomic E-state index is -1.91. The summed E-state index contributed by atoms with van der Waals surface area (Å²) in [6.45, 7) is 11.6.